The van der Waals surface area contributed by atoms with E-state index in [4.69, 9.17) is 4.74 Å². The van der Waals surface area contributed by atoms with Gasteiger partial charge in [0.1, 0.15) is 5.75 Å². The zero-order chi connectivity index (χ0) is 29.8. The summed E-state index contributed by atoms with van der Waals surface area (Å²) < 4.78 is 6.16. The van der Waals surface area contributed by atoms with Gasteiger partial charge in [0.25, 0.3) is 5.91 Å². The highest BCUT2D eigenvalue weighted by Crippen LogP contribution is 2.34. The molecule has 6 nitrogen and oxygen atoms in total. The number of hydrogen-bond donors (Lipinski definition) is 1. The SMILES string of the molecule is CC(=O)N1CC2CC(c3ccc(CCOc4cc(C)cc(C)c4C)cc3)=C(C(=O)N(C)CCc3ccccc3)[C@@H](C1)N2. The number of likely N-dealkylation sites (N-methyl/N-ethyl adjacent to an activating group) is 1. The average Bonchev–Trinajstić information content (AvgIpc) is 2.98. The third-order valence-electron chi connectivity index (χ3n) is 8.72. The zero-order valence-corrected chi connectivity index (χ0v) is 25.6. The van der Waals surface area contributed by atoms with Crippen molar-refractivity contribution in [2.24, 2.45) is 0 Å². The summed E-state index contributed by atoms with van der Waals surface area (Å²) in [5.74, 6) is 1.04. The predicted molar refractivity (Wildman–Crippen MR) is 169 cm³/mol. The van der Waals surface area contributed by atoms with Gasteiger partial charge in [-0.1, -0.05) is 60.7 Å². The Morgan fingerprint density at radius 2 is 1.67 bits per heavy atom. The van der Waals surface area contributed by atoms with Crippen LogP contribution in [0.3, 0.4) is 0 Å². The van der Waals surface area contributed by atoms with E-state index in [2.05, 4.69) is 74.6 Å². The second-order valence-electron chi connectivity index (χ2n) is 11.9. The van der Waals surface area contributed by atoms with Gasteiger partial charge in [-0.2, -0.15) is 0 Å². The monoisotopic (exact) mass is 565 g/mol. The minimum Gasteiger partial charge on any atom is -0.493 e. The van der Waals surface area contributed by atoms with E-state index in [9.17, 15) is 9.59 Å². The van der Waals surface area contributed by atoms with Crippen LogP contribution in [0, 0.1) is 20.8 Å². The lowest BCUT2D eigenvalue weighted by Crippen LogP contribution is -2.61. The molecule has 2 atom stereocenters. The van der Waals surface area contributed by atoms with Crippen molar-refractivity contribution in [3.8, 4) is 5.75 Å². The molecule has 6 heteroatoms. The van der Waals surface area contributed by atoms with E-state index >= 15 is 0 Å². The van der Waals surface area contributed by atoms with Crippen molar-refractivity contribution < 1.29 is 14.3 Å². The number of aryl methyl sites for hydroxylation is 2. The number of benzene rings is 3. The van der Waals surface area contributed by atoms with Crippen LogP contribution in [0.2, 0.25) is 0 Å². The van der Waals surface area contributed by atoms with Gasteiger partial charge in [0, 0.05) is 51.6 Å². The molecule has 2 aliphatic rings. The number of piperazine rings is 1. The van der Waals surface area contributed by atoms with E-state index in [-0.39, 0.29) is 23.9 Å². The van der Waals surface area contributed by atoms with Gasteiger partial charge in [-0.25, -0.2) is 0 Å². The normalized spacial score (nSPS) is 18.2. The van der Waals surface area contributed by atoms with Crippen LogP contribution in [0.5, 0.6) is 5.75 Å². The molecule has 0 aromatic heterocycles. The van der Waals surface area contributed by atoms with Crippen LogP contribution in [0.25, 0.3) is 5.57 Å². The summed E-state index contributed by atoms with van der Waals surface area (Å²) >= 11 is 0. The number of carbonyl (C=O) groups excluding carboxylic acids is 2. The number of nitrogens with one attached hydrogen (secondary N) is 1. The van der Waals surface area contributed by atoms with E-state index in [1.165, 1.54) is 27.8 Å². The predicted octanol–water partition coefficient (Wildman–Crippen LogP) is 5.28. The van der Waals surface area contributed by atoms with Crippen LogP contribution < -0.4 is 10.1 Å². The van der Waals surface area contributed by atoms with Gasteiger partial charge in [0.15, 0.2) is 0 Å². The van der Waals surface area contributed by atoms with Gasteiger partial charge in [0.2, 0.25) is 5.91 Å². The van der Waals surface area contributed by atoms with Crippen LogP contribution in [0.15, 0.2) is 72.3 Å². The van der Waals surface area contributed by atoms with Crippen molar-refractivity contribution in [2.45, 2.75) is 59.0 Å². The third kappa shape index (κ3) is 6.76. The third-order valence-corrected chi connectivity index (χ3v) is 8.72. The molecule has 0 aliphatic carbocycles. The molecule has 1 N–H and O–H groups in total. The van der Waals surface area contributed by atoms with E-state index in [1.807, 2.05) is 35.0 Å². The Labute approximate surface area is 250 Å². The van der Waals surface area contributed by atoms with E-state index in [0.717, 1.165) is 35.3 Å². The molecular formula is C36H43N3O3. The number of hydrogen-bond acceptors (Lipinski definition) is 4. The molecular weight excluding hydrogens is 522 g/mol. The first-order valence-corrected chi connectivity index (χ1v) is 15.0. The molecule has 1 fully saturated rings. The summed E-state index contributed by atoms with van der Waals surface area (Å²) in [7, 11) is 1.88. The summed E-state index contributed by atoms with van der Waals surface area (Å²) in [5.41, 5.74) is 9.01. The highest BCUT2D eigenvalue weighted by Gasteiger charge is 2.39. The van der Waals surface area contributed by atoms with Crippen LogP contribution in [0.1, 0.15) is 46.7 Å². The summed E-state index contributed by atoms with van der Waals surface area (Å²) in [6, 6.07) is 23.1. The molecule has 2 heterocycles. The molecule has 0 spiro atoms. The zero-order valence-electron chi connectivity index (χ0n) is 25.6. The maximum Gasteiger partial charge on any atom is 0.251 e. The van der Waals surface area contributed by atoms with Crippen molar-refractivity contribution in [3.63, 3.8) is 0 Å². The molecule has 3 aromatic rings. The summed E-state index contributed by atoms with van der Waals surface area (Å²) in [5, 5.41) is 3.65. The number of fused-ring (bicyclic) bond motifs is 2. The summed E-state index contributed by atoms with van der Waals surface area (Å²) in [6.45, 7) is 10.3. The fraction of sp³-hybridized carbons (Fsp3) is 0.389. The minimum atomic E-state index is -0.183. The maximum atomic E-state index is 14.0. The molecule has 0 saturated carbocycles. The molecule has 1 unspecified atom stereocenters. The van der Waals surface area contributed by atoms with E-state index in [1.54, 1.807) is 6.92 Å². The standard InChI is InChI=1S/C36H43N3O3/c1-24-19-25(2)26(3)34(20-24)42-18-16-29-11-13-30(14-12-29)32-21-31-22-39(27(4)40)23-33(37-31)35(32)36(41)38(5)17-15-28-9-7-6-8-10-28/h6-14,19-20,31,33,37H,15-18,21-23H2,1-5H3/t31?,33-/m1/s1. The lowest BCUT2D eigenvalue weighted by molar-refractivity contribution is -0.132. The Balaban J connectivity index is 1.34. The quantitative estimate of drug-likeness (QED) is 0.384. The molecule has 2 aliphatic heterocycles. The second-order valence-corrected chi connectivity index (χ2v) is 11.9. The van der Waals surface area contributed by atoms with Gasteiger partial charge in [-0.15, -0.1) is 0 Å². The Morgan fingerprint density at radius 3 is 2.38 bits per heavy atom. The Kier molecular flexibility index (Phi) is 9.12. The Morgan fingerprint density at radius 1 is 0.952 bits per heavy atom. The van der Waals surface area contributed by atoms with E-state index in [0.29, 0.717) is 32.7 Å². The second kappa shape index (κ2) is 13.0. The lowest BCUT2D eigenvalue weighted by atomic mass is 9.82. The average molecular weight is 566 g/mol. The van der Waals surface area contributed by atoms with Crippen LogP contribution in [-0.2, 0) is 22.4 Å². The first-order valence-electron chi connectivity index (χ1n) is 15.0. The van der Waals surface area contributed by atoms with Crippen LogP contribution in [0.4, 0.5) is 0 Å². The van der Waals surface area contributed by atoms with Crippen LogP contribution in [-0.4, -0.2) is 67.0 Å². The number of carbonyl (C=O) groups is 2. The number of amides is 2. The highest BCUT2D eigenvalue weighted by atomic mass is 16.5. The number of nitrogens with zero attached hydrogens (tertiary/aromatic N) is 2. The lowest BCUT2D eigenvalue weighted by Gasteiger charge is -2.44. The molecule has 0 radical (unpaired) electrons. The first-order chi connectivity index (χ1) is 20.2. The molecule has 2 amide bonds. The summed E-state index contributed by atoms with van der Waals surface area (Å²) in [6.07, 6.45) is 2.31. The Hall–Kier alpha value is -3.90. The molecule has 1 saturated heterocycles. The van der Waals surface area contributed by atoms with Crippen molar-refractivity contribution >= 4 is 17.4 Å². The van der Waals surface area contributed by atoms with Crippen molar-refractivity contribution in [1.29, 1.82) is 0 Å². The fourth-order valence-corrected chi connectivity index (χ4v) is 6.18. The minimum absolute atomic E-state index is 0.0311. The van der Waals surface area contributed by atoms with E-state index < -0.39 is 0 Å². The van der Waals surface area contributed by atoms with Gasteiger partial charge in [0.05, 0.1) is 12.6 Å². The highest BCUT2D eigenvalue weighted by molar-refractivity contribution is 6.03. The molecule has 2 bridgehead atoms. The van der Waals surface area contributed by atoms with Crippen molar-refractivity contribution in [3.05, 3.63) is 106 Å². The molecule has 42 heavy (non-hydrogen) atoms. The van der Waals surface area contributed by atoms with Crippen molar-refractivity contribution in [1.82, 2.24) is 15.1 Å². The largest absolute Gasteiger partial charge is 0.493 e. The molecule has 3 aromatic carbocycles. The number of ether oxygens (including phenoxy) is 1. The van der Waals surface area contributed by atoms with Gasteiger partial charge < -0.3 is 19.9 Å². The van der Waals surface area contributed by atoms with Crippen LogP contribution >= 0.6 is 0 Å². The van der Waals surface area contributed by atoms with Gasteiger partial charge >= 0.3 is 0 Å². The van der Waals surface area contributed by atoms with Gasteiger partial charge in [-0.05, 0) is 78.6 Å². The Bertz CT molecular complexity index is 1460. The van der Waals surface area contributed by atoms with Crippen molar-refractivity contribution in [2.75, 3.05) is 33.3 Å². The maximum absolute atomic E-state index is 14.0. The molecule has 5 rings (SSSR count). The van der Waals surface area contributed by atoms with Gasteiger partial charge in [-0.3, -0.25) is 9.59 Å². The first kappa shape index (κ1) is 29.6. The smallest absolute Gasteiger partial charge is 0.251 e. The number of rotatable bonds is 9. The summed E-state index contributed by atoms with van der Waals surface area (Å²) in [4.78, 5) is 30.0. The fourth-order valence-electron chi connectivity index (χ4n) is 6.18. The topological polar surface area (TPSA) is 61.9 Å². The molecule has 220 valence electrons.